The van der Waals surface area contributed by atoms with Gasteiger partial charge in [-0.3, -0.25) is 15.2 Å². The molecule has 17 heavy (non-hydrogen) atoms. The van der Waals surface area contributed by atoms with Crippen LogP contribution in [0.2, 0.25) is 0 Å². The molecule has 0 aliphatic rings. The minimum absolute atomic E-state index is 0.0367. The zero-order chi connectivity index (χ0) is 12.4. The number of hydrogen-bond donors (Lipinski definition) is 2. The lowest BCUT2D eigenvalue weighted by molar-refractivity contribution is -0.388. The number of nitrogens with one attached hydrogen (secondary N) is 1. The van der Waals surface area contributed by atoms with Crippen LogP contribution in [0.3, 0.4) is 0 Å². The summed E-state index contributed by atoms with van der Waals surface area (Å²) in [6.45, 7) is 1.72. The van der Waals surface area contributed by atoms with Gasteiger partial charge in [0.25, 0.3) is 0 Å². The topological polar surface area (TPSA) is 137 Å². The van der Waals surface area contributed by atoms with Crippen LogP contribution in [-0.4, -0.2) is 30.1 Å². The summed E-state index contributed by atoms with van der Waals surface area (Å²) in [5, 5.41) is 17.7. The molecule has 0 fully saturated rings. The summed E-state index contributed by atoms with van der Waals surface area (Å²) in [7, 11) is 0. The van der Waals surface area contributed by atoms with E-state index in [9.17, 15) is 10.1 Å². The van der Waals surface area contributed by atoms with Crippen LogP contribution in [0.5, 0.6) is 0 Å². The van der Waals surface area contributed by atoms with Crippen molar-refractivity contribution in [2.75, 3.05) is 5.73 Å². The Morgan fingerprint density at radius 3 is 2.88 bits per heavy atom. The summed E-state index contributed by atoms with van der Waals surface area (Å²) in [5.41, 5.74) is 5.15. The number of H-pyrrole nitrogens is 1. The van der Waals surface area contributed by atoms with Crippen molar-refractivity contribution in [2.24, 2.45) is 0 Å². The lowest BCUT2D eigenvalue weighted by Gasteiger charge is -1.98. The number of rotatable bonds is 3. The SMILES string of the molecule is Cc1nc(Sc2nc(N)ncc2[N+](=O)[O-])n[nH]1. The van der Waals surface area contributed by atoms with Gasteiger partial charge in [0.15, 0.2) is 5.03 Å². The van der Waals surface area contributed by atoms with Gasteiger partial charge in [0.05, 0.1) is 4.92 Å². The van der Waals surface area contributed by atoms with Crippen molar-refractivity contribution >= 4 is 23.4 Å². The van der Waals surface area contributed by atoms with Gasteiger partial charge in [-0.25, -0.2) is 9.97 Å². The molecule has 0 unspecified atom stereocenters. The van der Waals surface area contributed by atoms with Crippen molar-refractivity contribution in [3.05, 3.63) is 22.1 Å². The minimum Gasteiger partial charge on any atom is -0.368 e. The first kappa shape index (κ1) is 11.3. The van der Waals surface area contributed by atoms with E-state index in [1.54, 1.807) is 6.92 Å². The number of nitrogens with zero attached hydrogens (tertiary/aromatic N) is 5. The largest absolute Gasteiger partial charge is 0.368 e. The Hall–Kier alpha value is -2.23. The van der Waals surface area contributed by atoms with Gasteiger partial charge in [0.1, 0.15) is 12.0 Å². The van der Waals surface area contributed by atoms with Crippen LogP contribution in [0.25, 0.3) is 0 Å². The minimum atomic E-state index is -0.582. The van der Waals surface area contributed by atoms with Crippen LogP contribution in [-0.2, 0) is 0 Å². The third kappa shape index (κ3) is 2.47. The number of anilines is 1. The summed E-state index contributed by atoms with van der Waals surface area (Å²) >= 11 is 0.951. The van der Waals surface area contributed by atoms with Gasteiger partial charge in [-0.2, -0.15) is 4.98 Å². The fourth-order valence-electron chi connectivity index (χ4n) is 1.03. The van der Waals surface area contributed by atoms with Crippen LogP contribution in [0.15, 0.2) is 16.4 Å². The smallest absolute Gasteiger partial charge is 0.320 e. The zero-order valence-electron chi connectivity index (χ0n) is 8.62. The monoisotopic (exact) mass is 253 g/mol. The van der Waals surface area contributed by atoms with Crippen molar-refractivity contribution in [2.45, 2.75) is 17.1 Å². The Bertz CT molecular complexity index is 569. The van der Waals surface area contributed by atoms with E-state index < -0.39 is 4.92 Å². The molecule has 0 atom stereocenters. The molecule has 2 heterocycles. The second kappa shape index (κ2) is 4.33. The highest BCUT2D eigenvalue weighted by atomic mass is 32.2. The maximum Gasteiger partial charge on any atom is 0.320 e. The number of hydrogen-bond acceptors (Lipinski definition) is 8. The summed E-state index contributed by atoms with van der Waals surface area (Å²) in [4.78, 5) is 21.5. The summed E-state index contributed by atoms with van der Waals surface area (Å²) in [5.74, 6) is 0.572. The van der Waals surface area contributed by atoms with Crippen LogP contribution < -0.4 is 5.73 Å². The molecule has 0 amide bonds. The molecule has 0 saturated carbocycles. The highest BCUT2D eigenvalue weighted by Crippen LogP contribution is 2.30. The lowest BCUT2D eigenvalue weighted by Crippen LogP contribution is -2.00. The Balaban J connectivity index is 2.37. The Labute approximate surface area is 99.0 Å². The average molecular weight is 253 g/mol. The quantitative estimate of drug-likeness (QED) is 0.459. The number of nitrogens with two attached hydrogens (primary N) is 1. The van der Waals surface area contributed by atoms with E-state index >= 15 is 0 Å². The first-order valence-electron chi connectivity index (χ1n) is 4.40. The van der Waals surface area contributed by atoms with E-state index in [-0.39, 0.29) is 16.7 Å². The molecule has 3 N–H and O–H groups in total. The highest BCUT2D eigenvalue weighted by molar-refractivity contribution is 7.99. The van der Waals surface area contributed by atoms with E-state index in [0.717, 1.165) is 18.0 Å². The lowest BCUT2D eigenvalue weighted by atomic mass is 10.5. The Morgan fingerprint density at radius 2 is 2.29 bits per heavy atom. The standard InChI is InChI=1S/C7H7N7O2S/c1-3-10-7(13-12-3)17-5-4(14(15)16)2-9-6(8)11-5/h2H,1H3,(H2,8,9,11)(H,10,12,13). The summed E-state index contributed by atoms with van der Waals surface area (Å²) < 4.78 is 0. The molecule has 0 aliphatic carbocycles. The maximum absolute atomic E-state index is 10.8. The molecule has 0 aromatic carbocycles. The van der Waals surface area contributed by atoms with Crippen molar-refractivity contribution in [3.63, 3.8) is 0 Å². The number of aryl methyl sites for hydroxylation is 1. The van der Waals surface area contributed by atoms with E-state index in [0.29, 0.717) is 11.0 Å². The molecule has 10 heteroatoms. The molecular formula is C7H7N7O2S. The molecule has 2 rings (SSSR count). The fourth-order valence-corrected chi connectivity index (χ4v) is 1.85. The molecule has 0 radical (unpaired) electrons. The van der Waals surface area contributed by atoms with Gasteiger partial charge < -0.3 is 5.73 Å². The van der Waals surface area contributed by atoms with E-state index in [1.807, 2.05) is 0 Å². The molecule has 0 saturated heterocycles. The third-order valence-corrected chi connectivity index (χ3v) is 2.57. The number of nitro groups is 1. The molecule has 2 aromatic rings. The third-order valence-electron chi connectivity index (χ3n) is 1.72. The van der Waals surface area contributed by atoms with Gasteiger partial charge >= 0.3 is 5.69 Å². The zero-order valence-corrected chi connectivity index (χ0v) is 9.43. The van der Waals surface area contributed by atoms with Crippen LogP contribution >= 0.6 is 11.8 Å². The van der Waals surface area contributed by atoms with Crippen molar-refractivity contribution in [3.8, 4) is 0 Å². The molecule has 0 bridgehead atoms. The van der Waals surface area contributed by atoms with Crippen LogP contribution in [0, 0.1) is 17.0 Å². The van der Waals surface area contributed by atoms with E-state index in [2.05, 4.69) is 25.1 Å². The average Bonchev–Trinajstić information content (AvgIpc) is 2.63. The van der Waals surface area contributed by atoms with Crippen LogP contribution in [0.1, 0.15) is 5.82 Å². The Kier molecular flexibility index (Phi) is 2.87. The Morgan fingerprint density at radius 1 is 1.53 bits per heavy atom. The van der Waals surface area contributed by atoms with Crippen molar-refractivity contribution in [1.29, 1.82) is 0 Å². The summed E-state index contributed by atoms with van der Waals surface area (Å²) in [6, 6.07) is 0. The second-order valence-corrected chi connectivity index (χ2v) is 3.94. The second-order valence-electron chi connectivity index (χ2n) is 2.98. The summed E-state index contributed by atoms with van der Waals surface area (Å²) in [6.07, 6.45) is 1.06. The first-order valence-corrected chi connectivity index (χ1v) is 5.21. The molecule has 2 aromatic heterocycles. The van der Waals surface area contributed by atoms with Gasteiger partial charge in [0.2, 0.25) is 11.1 Å². The number of aromatic amines is 1. The molecular weight excluding hydrogens is 246 g/mol. The van der Waals surface area contributed by atoms with Gasteiger partial charge in [0, 0.05) is 0 Å². The van der Waals surface area contributed by atoms with E-state index in [4.69, 9.17) is 5.73 Å². The number of aromatic nitrogens is 5. The molecule has 0 aliphatic heterocycles. The van der Waals surface area contributed by atoms with Gasteiger partial charge in [-0.05, 0) is 18.7 Å². The first-order chi connectivity index (χ1) is 8.06. The van der Waals surface area contributed by atoms with Crippen molar-refractivity contribution < 1.29 is 4.92 Å². The predicted octanol–water partition coefficient (Wildman–Crippen LogP) is 0.545. The van der Waals surface area contributed by atoms with Gasteiger partial charge in [-0.15, -0.1) is 5.10 Å². The highest BCUT2D eigenvalue weighted by Gasteiger charge is 2.19. The molecule has 88 valence electrons. The maximum atomic E-state index is 10.8. The molecule has 0 spiro atoms. The van der Waals surface area contributed by atoms with E-state index in [1.165, 1.54) is 0 Å². The number of nitrogen functional groups attached to an aromatic ring is 1. The molecule has 9 nitrogen and oxygen atoms in total. The van der Waals surface area contributed by atoms with Crippen molar-refractivity contribution in [1.82, 2.24) is 25.1 Å². The fraction of sp³-hybridized carbons (Fsp3) is 0.143. The van der Waals surface area contributed by atoms with Gasteiger partial charge in [-0.1, -0.05) is 0 Å². The predicted molar refractivity (Wildman–Crippen MR) is 58.3 cm³/mol. The van der Waals surface area contributed by atoms with Crippen LogP contribution in [0.4, 0.5) is 11.6 Å². The normalized spacial score (nSPS) is 10.4.